The molecule has 1 saturated heterocycles. The quantitative estimate of drug-likeness (QED) is 0.296. The number of likely N-dealkylation sites (tertiary alicyclic amines) is 1. The van der Waals surface area contributed by atoms with Gasteiger partial charge >= 0.3 is 0 Å². The summed E-state index contributed by atoms with van der Waals surface area (Å²) in [5.41, 5.74) is 2.53. The second kappa shape index (κ2) is 9.58. The van der Waals surface area contributed by atoms with Crippen molar-refractivity contribution in [1.82, 2.24) is 24.6 Å². The Morgan fingerprint density at radius 3 is 2.79 bits per heavy atom. The Balaban J connectivity index is 1.36. The highest BCUT2D eigenvalue weighted by Gasteiger charge is 2.42. The number of benzene rings is 1. The maximum absolute atomic E-state index is 12.0. The number of aromatic nitrogens is 4. The molecule has 0 bridgehead atoms. The lowest BCUT2D eigenvalue weighted by Crippen LogP contribution is -2.31. The van der Waals surface area contributed by atoms with E-state index < -0.39 is 0 Å². The van der Waals surface area contributed by atoms with Crippen LogP contribution in [0.4, 0.5) is 17.3 Å². The summed E-state index contributed by atoms with van der Waals surface area (Å²) in [4.78, 5) is 28.5. The Labute approximate surface area is 219 Å². The number of nitrogens with one attached hydrogen (secondary N) is 3. The van der Waals surface area contributed by atoms with E-state index in [0.29, 0.717) is 35.2 Å². The van der Waals surface area contributed by atoms with E-state index in [4.69, 9.17) is 9.73 Å². The molecule has 3 aromatic heterocycles. The molecular weight excluding hydrogens is 484 g/mol. The van der Waals surface area contributed by atoms with Gasteiger partial charge in [-0.2, -0.15) is 0 Å². The second-order valence-corrected chi connectivity index (χ2v) is 10.0. The van der Waals surface area contributed by atoms with Crippen LogP contribution in [0.5, 0.6) is 0 Å². The van der Waals surface area contributed by atoms with Gasteiger partial charge in [-0.05, 0) is 31.2 Å². The van der Waals surface area contributed by atoms with Gasteiger partial charge in [0.1, 0.15) is 23.8 Å². The first-order valence-corrected chi connectivity index (χ1v) is 12.6. The van der Waals surface area contributed by atoms with Gasteiger partial charge in [-0.15, -0.1) is 0 Å². The largest absolute Gasteiger partial charge is 0.475 e. The van der Waals surface area contributed by atoms with Gasteiger partial charge in [0, 0.05) is 32.4 Å². The van der Waals surface area contributed by atoms with Crippen molar-refractivity contribution in [3.05, 3.63) is 76.2 Å². The third-order valence-corrected chi connectivity index (χ3v) is 7.15. The van der Waals surface area contributed by atoms with Crippen LogP contribution >= 0.6 is 0 Å². The van der Waals surface area contributed by atoms with E-state index in [1.165, 1.54) is 0 Å². The molecule has 5 heterocycles. The van der Waals surface area contributed by atoms with Crippen molar-refractivity contribution >= 4 is 34.3 Å². The number of nitrogens with zero attached hydrogens (tertiary/aromatic N) is 5. The van der Waals surface area contributed by atoms with Crippen LogP contribution in [0.2, 0.25) is 0 Å². The zero-order chi connectivity index (χ0) is 26.3. The molecule has 1 fully saturated rings. The van der Waals surface area contributed by atoms with Crippen molar-refractivity contribution in [3.63, 3.8) is 0 Å². The zero-order valence-corrected chi connectivity index (χ0v) is 21.3. The summed E-state index contributed by atoms with van der Waals surface area (Å²) in [6.07, 6.45) is 2.67. The first-order chi connectivity index (χ1) is 18.4. The highest BCUT2D eigenvalue weighted by molar-refractivity contribution is 6.01. The smallest absolute Gasteiger partial charge is 0.273 e. The predicted molar refractivity (Wildman–Crippen MR) is 146 cm³/mol. The van der Waals surface area contributed by atoms with E-state index >= 15 is 0 Å². The van der Waals surface area contributed by atoms with Crippen LogP contribution in [0.3, 0.4) is 0 Å². The lowest BCUT2D eigenvalue weighted by atomic mass is 10.0. The molecule has 196 valence electrons. The number of aliphatic imine (C=N–C) groups is 1. The lowest BCUT2D eigenvalue weighted by Gasteiger charge is -2.21. The van der Waals surface area contributed by atoms with Gasteiger partial charge in [0.15, 0.2) is 5.65 Å². The summed E-state index contributed by atoms with van der Waals surface area (Å²) in [6, 6.07) is 14.8. The van der Waals surface area contributed by atoms with Crippen molar-refractivity contribution in [2.24, 2.45) is 12.0 Å². The van der Waals surface area contributed by atoms with Gasteiger partial charge in [0.25, 0.3) is 5.56 Å². The maximum atomic E-state index is 12.0. The SMILES string of the molecule is CN1CC[C@@]2(COC(c3cnc(Nc4ccc5c(=O)[nH]n(C)c5n4)cc3N[C@H](CO)c3ccccc3)=N2)C1. The topological polar surface area (TPSA) is 133 Å². The van der Waals surface area contributed by atoms with Crippen molar-refractivity contribution in [2.45, 2.75) is 18.0 Å². The van der Waals surface area contributed by atoms with Gasteiger partial charge < -0.3 is 25.4 Å². The normalized spacial score (nSPS) is 20.0. The summed E-state index contributed by atoms with van der Waals surface area (Å²) in [7, 11) is 3.84. The predicted octanol–water partition coefficient (Wildman–Crippen LogP) is 2.40. The molecular formula is C27H30N8O3. The van der Waals surface area contributed by atoms with E-state index in [1.54, 1.807) is 30.1 Å². The molecule has 11 nitrogen and oxygen atoms in total. The molecule has 1 spiro atoms. The van der Waals surface area contributed by atoms with E-state index in [9.17, 15) is 9.90 Å². The molecule has 2 aliphatic heterocycles. The number of aliphatic hydroxyl groups excluding tert-OH is 1. The van der Waals surface area contributed by atoms with Crippen LogP contribution in [0.25, 0.3) is 11.0 Å². The van der Waals surface area contributed by atoms with Crippen molar-refractivity contribution < 1.29 is 9.84 Å². The molecule has 2 aliphatic rings. The minimum absolute atomic E-state index is 0.101. The number of anilines is 3. The summed E-state index contributed by atoms with van der Waals surface area (Å²) < 4.78 is 7.71. The van der Waals surface area contributed by atoms with Crippen LogP contribution < -0.4 is 16.2 Å². The lowest BCUT2D eigenvalue weighted by molar-refractivity contribution is 0.254. The summed E-state index contributed by atoms with van der Waals surface area (Å²) in [6.45, 7) is 2.27. The summed E-state index contributed by atoms with van der Waals surface area (Å²) in [5, 5.41) is 20.2. The van der Waals surface area contributed by atoms with Crippen LogP contribution in [0, 0.1) is 0 Å². The van der Waals surface area contributed by atoms with E-state index in [0.717, 1.165) is 36.3 Å². The van der Waals surface area contributed by atoms with Gasteiger partial charge in [-0.1, -0.05) is 30.3 Å². The molecule has 38 heavy (non-hydrogen) atoms. The van der Waals surface area contributed by atoms with Crippen molar-refractivity contribution in [1.29, 1.82) is 0 Å². The number of rotatable bonds is 7. The average Bonchev–Trinajstić information content (AvgIpc) is 3.59. The number of aliphatic hydroxyl groups is 1. The monoisotopic (exact) mass is 514 g/mol. The minimum Gasteiger partial charge on any atom is -0.475 e. The molecule has 4 aromatic rings. The molecule has 6 rings (SSSR count). The molecule has 0 amide bonds. The number of hydrogen-bond donors (Lipinski definition) is 4. The molecule has 2 atom stereocenters. The number of fused-ring (bicyclic) bond motifs is 1. The van der Waals surface area contributed by atoms with E-state index in [2.05, 4.69) is 37.6 Å². The first-order valence-electron chi connectivity index (χ1n) is 12.6. The highest BCUT2D eigenvalue weighted by atomic mass is 16.5. The Bertz CT molecular complexity index is 1560. The Morgan fingerprint density at radius 2 is 2.03 bits per heavy atom. The van der Waals surface area contributed by atoms with Crippen molar-refractivity contribution in [3.8, 4) is 0 Å². The molecule has 0 aliphatic carbocycles. The summed E-state index contributed by atoms with van der Waals surface area (Å²) >= 11 is 0. The van der Waals surface area contributed by atoms with Crippen LogP contribution in [-0.4, -0.2) is 74.5 Å². The number of pyridine rings is 2. The standard InChI is InChI=1S/C27H30N8O3/c1-34-11-10-27(15-34)16-38-26(32-27)19-13-28-23(12-20(19)29-21(14-36)17-6-4-3-5-7-17)30-22-9-8-18-24(31-22)35(2)33-25(18)37/h3-9,12-13,21,36H,10-11,14-16H2,1-2H3,(H,33,37)(H2,28,29,30,31)/t21-,27+/m1/s1. The number of ether oxygens (including phenoxy) is 1. The van der Waals surface area contributed by atoms with Crippen LogP contribution in [0.15, 0.2) is 64.5 Å². The van der Waals surface area contributed by atoms with Gasteiger partial charge in [-0.25, -0.2) is 15.0 Å². The second-order valence-electron chi connectivity index (χ2n) is 10.0. The Kier molecular flexibility index (Phi) is 6.09. The van der Waals surface area contributed by atoms with Crippen LogP contribution in [0.1, 0.15) is 23.6 Å². The van der Waals surface area contributed by atoms with Gasteiger partial charge in [0.05, 0.1) is 29.3 Å². The Hall–Kier alpha value is -4.22. The third-order valence-electron chi connectivity index (χ3n) is 7.15. The minimum atomic E-state index is -0.345. The molecule has 11 heteroatoms. The third kappa shape index (κ3) is 4.50. The van der Waals surface area contributed by atoms with Gasteiger partial charge in [-0.3, -0.25) is 14.6 Å². The molecule has 0 radical (unpaired) electrons. The fourth-order valence-electron chi connectivity index (χ4n) is 5.16. The van der Waals surface area contributed by atoms with E-state index in [1.807, 2.05) is 36.4 Å². The summed E-state index contributed by atoms with van der Waals surface area (Å²) in [5.74, 6) is 1.64. The molecule has 1 aromatic carbocycles. The first kappa shape index (κ1) is 24.1. The number of aromatic amines is 1. The maximum Gasteiger partial charge on any atom is 0.273 e. The van der Waals surface area contributed by atoms with Crippen LogP contribution in [-0.2, 0) is 11.8 Å². The number of H-pyrrole nitrogens is 1. The average molecular weight is 515 g/mol. The Morgan fingerprint density at radius 1 is 1.18 bits per heavy atom. The van der Waals surface area contributed by atoms with Gasteiger partial charge in [0.2, 0.25) is 5.90 Å². The van der Waals surface area contributed by atoms with E-state index in [-0.39, 0.29) is 23.7 Å². The van der Waals surface area contributed by atoms with Crippen molar-refractivity contribution in [2.75, 3.05) is 44.0 Å². The fourth-order valence-corrected chi connectivity index (χ4v) is 5.16. The molecule has 0 unspecified atom stereocenters. The number of hydrogen-bond acceptors (Lipinski definition) is 9. The fraction of sp³-hybridized carbons (Fsp3) is 0.333. The highest BCUT2D eigenvalue weighted by Crippen LogP contribution is 2.34. The number of aryl methyl sites for hydroxylation is 1. The number of likely N-dealkylation sites (N-methyl/N-ethyl adjacent to an activating group) is 1. The zero-order valence-electron chi connectivity index (χ0n) is 21.3. The molecule has 4 N–H and O–H groups in total. The molecule has 0 saturated carbocycles.